The molecule has 1 atom stereocenters. The number of fused-ring (bicyclic) bond motifs is 1. The Labute approximate surface area is 117 Å². The van der Waals surface area contributed by atoms with E-state index in [2.05, 4.69) is 4.98 Å². The number of hydrogen-bond acceptors (Lipinski definition) is 3. The summed E-state index contributed by atoms with van der Waals surface area (Å²) >= 11 is 0. The first kappa shape index (κ1) is 12.8. The van der Waals surface area contributed by atoms with Gasteiger partial charge in [0.25, 0.3) is 5.91 Å². The monoisotopic (exact) mass is 268 g/mol. The lowest BCUT2D eigenvalue weighted by Crippen LogP contribution is -2.36. The number of carbonyl (C=O) groups is 1. The number of aromatic nitrogens is 1. The van der Waals surface area contributed by atoms with Gasteiger partial charge in [0.15, 0.2) is 0 Å². The maximum absolute atomic E-state index is 12.6. The highest BCUT2D eigenvalue weighted by atomic mass is 16.3. The van der Waals surface area contributed by atoms with Crippen LogP contribution in [0.5, 0.6) is 0 Å². The minimum absolute atomic E-state index is 0.0464. The number of carbonyl (C=O) groups excluding carboxylic acids is 1. The number of benzene rings is 1. The molecule has 1 N–H and O–H groups in total. The maximum atomic E-state index is 12.6. The summed E-state index contributed by atoms with van der Waals surface area (Å²) in [4.78, 5) is 18.5. The van der Waals surface area contributed by atoms with Crippen LogP contribution >= 0.6 is 0 Å². The molecule has 20 heavy (non-hydrogen) atoms. The van der Waals surface area contributed by atoms with Crippen LogP contribution in [0.3, 0.4) is 0 Å². The number of nitrogens with zero attached hydrogens (tertiary/aromatic N) is 2. The molecule has 2 heterocycles. The van der Waals surface area contributed by atoms with Gasteiger partial charge in [-0.15, -0.1) is 0 Å². The number of aryl methyl sites for hydroxylation is 1. The second kappa shape index (κ2) is 5.06. The molecule has 1 aliphatic rings. The molecule has 0 saturated carbocycles. The second-order valence-electron chi connectivity index (χ2n) is 5.01. The van der Waals surface area contributed by atoms with Crippen LogP contribution in [0, 0.1) is 6.92 Å². The Morgan fingerprint density at radius 3 is 2.95 bits per heavy atom. The zero-order valence-electron chi connectivity index (χ0n) is 11.3. The number of hydrogen-bond donors (Lipinski definition) is 1. The molecule has 1 unspecified atom stereocenters. The molecule has 102 valence electrons. The van der Waals surface area contributed by atoms with Gasteiger partial charge >= 0.3 is 0 Å². The van der Waals surface area contributed by atoms with Gasteiger partial charge in [0.2, 0.25) is 0 Å². The lowest BCUT2D eigenvalue weighted by Gasteiger charge is -2.32. The van der Waals surface area contributed by atoms with Crippen molar-refractivity contribution < 1.29 is 9.90 Å². The van der Waals surface area contributed by atoms with Gasteiger partial charge in [0.1, 0.15) is 0 Å². The van der Waals surface area contributed by atoms with Crippen LogP contribution in [0.4, 0.5) is 5.69 Å². The molecule has 1 aliphatic heterocycles. The Morgan fingerprint density at radius 2 is 2.15 bits per heavy atom. The summed E-state index contributed by atoms with van der Waals surface area (Å²) in [7, 11) is 0. The van der Waals surface area contributed by atoms with Crippen LogP contribution < -0.4 is 4.90 Å². The third-order valence-corrected chi connectivity index (χ3v) is 3.60. The first-order valence-corrected chi connectivity index (χ1v) is 6.68. The lowest BCUT2D eigenvalue weighted by molar-refractivity contribution is 0.0970. The minimum atomic E-state index is -0.491. The van der Waals surface area contributed by atoms with Gasteiger partial charge in [-0.05, 0) is 31.5 Å². The van der Waals surface area contributed by atoms with Crippen molar-refractivity contribution in [3.8, 4) is 0 Å². The fourth-order valence-corrected chi connectivity index (χ4v) is 2.59. The summed E-state index contributed by atoms with van der Waals surface area (Å²) in [6.07, 6.45) is 1.72. The van der Waals surface area contributed by atoms with Crippen LogP contribution in [0.15, 0.2) is 42.6 Å². The van der Waals surface area contributed by atoms with Gasteiger partial charge in [-0.2, -0.15) is 0 Å². The Bertz CT molecular complexity index is 654. The highest BCUT2D eigenvalue weighted by Gasteiger charge is 2.27. The average Bonchev–Trinajstić information content (AvgIpc) is 2.47. The van der Waals surface area contributed by atoms with Crippen molar-refractivity contribution in [1.82, 2.24) is 4.98 Å². The minimum Gasteiger partial charge on any atom is -0.388 e. The zero-order valence-corrected chi connectivity index (χ0v) is 11.3. The van der Waals surface area contributed by atoms with Crippen LogP contribution in [0.1, 0.15) is 34.1 Å². The van der Waals surface area contributed by atoms with Crippen molar-refractivity contribution in [2.75, 3.05) is 11.4 Å². The maximum Gasteiger partial charge on any atom is 0.258 e. The highest BCUT2D eigenvalue weighted by Crippen LogP contribution is 2.34. The van der Waals surface area contributed by atoms with Gasteiger partial charge in [-0.1, -0.05) is 18.2 Å². The van der Waals surface area contributed by atoms with E-state index in [-0.39, 0.29) is 5.91 Å². The normalized spacial score (nSPS) is 17.7. The van der Waals surface area contributed by atoms with Crippen LogP contribution in [0.2, 0.25) is 0 Å². The number of aliphatic hydroxyl groups is 1. The molecule has 0 bridgehead atoms. The van der Waals surface area contributed by atoms with Gasteiger partial charge in [-0.3, -0.25) is 9.78 Å². The van der Waals surface area contributed by atoms with E-state index >= 15 is 0 Å². The Morgan fingerprint density at radius 1 is 1.35 bits per heavy atom. The van der Waals surface area contributed by atoms with Gasteiger partial charge in [0, 0.05) is 35.2 Å². The fraction of sp³-hybridized carbons (Fsp3) is 0.250. The Kier molecular flexibility index (Phi) is 3.24. The summed E-state index contributed by atoms with van der Waals surface area (Å²) in [5, 5.41) is 10.0. The third-order valence-electron chi connectivity index (χ3n) is 3.60. The molecule has 4 heteroatoms. The fourth-order valence-electron chi connectivity index (χ4n) is 2.59. The molecular formula is C16H16N2O2. The SMILES string of the molecule is Cc1cc(C(=O)N2CCC(O)c3ccccc32)ccn1. The molecule has 3 rings (SSSR count). The van der Waals surface area contributed by atoms with E-state index in [1.807, 2.05) is 31.2 Å². The summed E-state index contributed by atoms with van der Waals surface area (Å²) < 4.78 is 0. The van der Waals surface area contributed by atoms with Crippen LogP contribution in [-0.4, -0.2) is 22.5 Å². The molecule has 0 aliphatic carbocycles. The number of rotatable bonds is 1. The van der Waals surface area contributed by atoms with Crippen molar-refractivity contribution in [3.63, 3.8) is 0 Å². The molecule has 0 fully saturated rings. The molecule has 1 aromatic heterocycles. The number of anilines is 1. The number of amides is 1. The highest BCUT2D eigenvalue weighted by molar-refractivity contribution is 6.06. The van der Waals surface area contributed by atoms with Crippen molar-refractivity contribution in [3.05, 3.63) is 59.4 Å². The van der Waals surface area contributed by atoms with E-state index in [4.69, 9.17) is 0 Å². The molecule has 0 radical (unpaired) electrons. The van der Waals surface area contributed by atoms with E-state index in [0.717, 1.165) is 16.9 Å². The van der Waals surface area contributed by atoms with E-state index in [1.54, 1.807) is 23.2 Å². The molecule has 1 aromatic carbocycles. The van der Waals surface area contributed by atoms with E-state index < -0.39 is 6.10 Å². The van der Waals surface area contributed by atoms with Crippen molar-refractivity contribution in [2.24, 2.45) is 0 Å². The predicted molar refractivity (Wildman–Crippen MR) is 76.7 cm³/mol. The van der Waals surface area contributed by atoms with E-state index in [1.165, 1.54) is 0 Å². The van der Waals surface area contributed by atoms with Gasteiger partial charge < -0.3 is 10.0 Å². The van der Waals surface area contributed by atoms with Crippen molar-refractivity contribution >= 4 is 11.6 Å². The average molecular weight is 268 g/mol. The van der Waals surface area contributed by atoms with Crippen LogP contribution in [0.25, 0.3) is 0 Å². The smallest absolute Gasteiger partial charge is 0.258 e. The second-order valence-corrected chi connectivity index (χ2v) is 5.01. The molecule has 1 amide bonds. The first-order valence-electron chi connectivity index (χ1n) is 6.68. The number of para-hydroxylation sites is 1. The van der Waals surface area contributed by atoms with E-state index in [0.29, 0.717) is 18.5 Å². The van der Waals surface area contributed by atoms with Gasteiger partial charge in [0.05, 0.1) is 6.10 Å². The molecule has 2 aromatic rings. The van der Waals surface area contributed by atoms with Crippen molar-refractivity contribution in [2.45, 2.75) is 19.4 Å². The Hall–Kier alpha value is -2.20. The third kappa shape index (κ3) is 2.18. The number of pyridine rings is 1. The molecule has 0 saturated heterocycles. The zero-order chi connectivity index (χ0) is 14.1. The largest absolute Gasteiger partial charge is 0.388 e. The lowest BCUT2D eigenvalue weighted by atomic mass is 9.98. The number of aliphatic hydroxyl groups excluding tert-OH is 1. The van der Waals surface area contributed by atoms with Crippen LogP contribution in [-0.2, 0) is 0 Å². The summed E-state index contributed by atoms with van der Waals surface area (Å²) in [5.41, 5.74) is 3.06. The topological polar surface area (TPSA) is 53.4 Å². The Balaban J connectivity index is 1.99. The molecule has 4 nitrogen and oxygen atoms in total. The van der Waals surface area contributed by atoms with E-state index in [9.17, 15) is 9.90 Å². The van der Waals surface area contributed by atoms with Crippen molar-refractivity contribution in [1.29, 1.82) is 0 Å². The molecular weight excluding hydrogens is 252 g/mol. The summed E-state index contributed by atoms with van der Waals surface area (Å²) in [6, 6.07) is 11.0. The standard InChI is InChI=1S/C16H16N2O2/c1-11-10-12(6-8-17-11)16(20)18-9-7-15(19)13-4-2-3-5-14(13)18/h2-6,8,10,15,19H,7,9H2,1H3. The predicted octanol–water partition coefficient (Wildman–Crippen LogP) is 2.47. The molecule has 0 spiro atoms. The van der Waals surface area contributed by atoms with Gasteiger partial charge in [-0.25, -0.2) is 0 Å². The quantitative estimate of drug-likeness (QED) is 0.864. The summed E-state index contributed by atoms with van der Waals surface area (Å²) in [5.74, 6) is -0.0464. The summed E-state index contributed by atoms with van der Waals surface area (Å²) in [6.45, 7) is 2.39. The first-order chi connectivity index (χ1) is 9.66.